The van der Waals surface area contributed by atoms with Crippen molar-refractivity contribution in [3.63, 3.8) is 0 Å². The molecule has 0 saturated carbocycles. The molecule has 1 aromatic carbocycles. The molecule has 0 bridgehead atoms. The number of hydrogen-bond donors (Lipinski definition) is 2. The molecule has 0 aliphatic carbocycles. The van der Waals surface area contributed by atoms with Gasteiger partial charge in [0.15, 0.2) is 0 Å². The van der Waals surface area contributed by atoms with Crippen LogP contribution in [0.15, 0.2) is 23.1 Å². The van der Waals surface area contributed by atoms with E-state index in [4.69, 9.17) is 5.14 Å². The summed E-state index contributed by atoms with van der Waals surface area (Å²) in [6.07, 6.45) is 2.71. The molecule has 1 amide bonds. The lowest BCUT2D eigenvalue weighted by Gasteiger charge is -2.20. The maximum absolute atomic E-state index is 12.1. The second-order valence-corrected chi connectivity index (χ2v) is 7.33. The molecule has 6 nitrogen and oxygen atoms in total. The molecule has 0 saturated heterocycles. The van der Waals surface area contributed by atoms with Crippen LogP contribution in [0.4, 0.5) is 5.69 Å². The van der Waals surface area contributed by atoms with Crippen LogP contribution in [-0.2, 0) is 21.2 Å². The predicted octanol–water partition coefficient (Wildman–Crippen LogP) is 1.00. The van der Waals surface area contributed by atoms with Gasteiger partial charge < -0.3 is 10.2 Å². The fourth-order valence-corrected chi connectivity index (χ4v) is 3.35. The molecule has 0 radical (unpaired) electrons. The molecule has 0 unspecified atom stereocenters. The summed E-state index contributed by atoms with van der Waals surface area (Å²) >= 11 is 0. The minimum absolute atomic E-state index is 0.00989. The highest BCUT2D eigenvalue weighted by molar-refractivity contribution is 7.89. The highest BCUT2D eigenvalue weighted by atomic mass is 32.2. The summed E-state index contributed by atoms with van der Waals surface area (Å²) in [5.74, 6) is -0.00989. The average molecular weight is 325 g/mol. The average Bonchev–Trinajstić information content (AvgIpc) is 2.80. The van der Waals surface area contributed by atoms with Crippen molar-refractivity contribution < 1.29 is 13.2 Å². The van der Waals surface area contributed by atoms with Crippen molar-refractivity contribution >= 4 is 21.6 Å². The zero-order chi connectivity index (χ0) is 16.3. The van der Waals surface area contributed by atoms with Crippen LogP contribution < -0.4 is 15.4 Å². The van der Waals surface area contributed by atoms with Gasteiger partial charge in [-0.05, 0) is 43.5 Å². The normalized spacial score (nSPS) is 15.5. The first-order chi connectivity index (χ1) is 10.3. The van der Waals surface area contributed by atoms with E-state index in [1.807, 2.05) is 11.8 Å². The number of benzene rings is 1. The van der Waals surface area contributed by atoms with Gasteiger partial charge in [0.1, 0.15) is 0 Å². The Bertz CT molecular complexity index is 658. The van der Waals surface area contributed by atoms with Gasteiger partial charge in [-0.15, -0.1) is 0 Å². The Morgan fingerprint density at radius 2 is 2.18 bits per heavy atom. The largest absolute Gasteiger partial charge is 0.362 e. The molecule has 22 heavy (non-hydrogen) atoms. The van der Waals surface area contributed by atoms with Gasteiger partial charge in [-0.2, -0.15) is 0 Å². The molecule has 1 heterocycles. The van der Waals surface area contributed by atoms with Crippen LogP contribution in [0.3, 0.4) is 0 Å². The SMILES string of the molecule is CCC[C@H](C)NC(=O)CN1CCc2cc(S(N)(=O)=O)ccc21. The van der Waals surface area contributed by atoms with Crippen molar-refractivity contribution in [2.45, 2.75) is 44.0 Å². The molecular formula is C15H23N3O3S. The third-order valence-corrected chi connectivity index (χ3v) is 4.75. The van der Waals surface area contributed by atoms with E-state index >= 15 is 0 Å². The summed E-state index contributed by atoms with van der Waals surface area (Å²) in [5.41, 5.74) is 1.83. The van der Waals surface area contributed by atoms with Gasteiger partial charge in [0.05, 0.1) is 11.4 Å². The van der Waals surface area contributed by atoms with E-state index in [2.05, 4.69) is 12.2 Å². The van der Waals surface area contributed by atoms with Crippen LogP contribution in [0.25, 0.3) is 0 Å². The van der Waals surface area contributed by atoms with Crippen LogP contribution in [0.1, 0.15) is 32.3 Å². The standard InChI is InChI=1S/C15H23N3O3S/c1-3-4-11(2)17-15(19)10-18-8-7-12-9-13(22(16,20)21)5-6-14(12)18/h5-6,9,11H,3-4,7-8,10H2,1-2H3,(H,17,19)(H2,16,20,21)/t11-/m0/s1. The van der Waals surface area contributed by atoms with E-state index < -0.39 is 10.0 Å². The van der Waals surface area contributed by atoms with Gasteiger partial charge in [-0.25, -0.2) is 13.6 Å². The monoisotopic (exact) mass is 325 g/mol. The zero-order valence-electron chi connectivity index (χ0n) is 13.0. The Kier molecular flexibility index (Phi) is 5.08. The quantitative estimate of drug-likeness (QED) is 0.816. The maximum Gasteiger partial charge on any atom is 0.239 e. The second-order valence-electron chi connectivity index (χ2n) is 5.76. The summed E-state index contributed by atoms with van der Waals surface area (Å²) in [5, 5.41) is 8.12. The number of fused-ring (bicyclic) bond motifs is 1. The number of amides is 1. The number of nitrogens with zero attached hydrogens (tertiary/aromatic N) is 1. The topological polar surface area (TPSA) is 92.5 Å². The minimum atomic E-state index is -3.68. The molecule has 1 aliphatic rings. The third kappa shape index (κ3) is 3.98. The number of carbonyl (C=O) groups excluding carboxylic acids is 1. The first-order valence-corrected chi connectivity index (χ1v) is 9.06. The number of sulfonamides is 1. The lowest BCUT2D eigenvalue weighted by molar-refractivity contribution is -0.120. The van der Waals surface area contributed by atoms with Crippen LogP contribution in [0.2, 0.25) is 0 Å². The van der Waals surface area contributed by atoms with Gasteiger partial charge in [0.25, 0.3) is 0 Å². The van der Waals surface area contributed by atoms with E-state index in [1.165, 1.54) is 6.07 Å². The van der Waals surface area contributed by atoms with Crippen molar-refractivity contribution in [3.8, 4) is 0 Å². The van der Waals surface area contributed by atoms with E-state index in [0.717, 1.165) is 30.5 Å². The number of rotatable bonds is 6. The van der Waals surface area contributed by atoms with E-state index in [9.17, 15) is 13.2 Å². The molecule has 3 N–H and O–H groups in total. The number of hydrogen-bond acceptors (Lipinski definition) is 4. The zero-order valence-corrected chi connectivity index (χ0v) is 13.8. The number of nitrogens with two attached hydrogens (primary N) is 1. The number of nitrogens with one attached hydrogen (secondary N) is 1. The molecule has 0 aromatic heterocycles. The first kappa shape index (κ1) is 16.8. The lowest BCUT2D eigenvalue weighted by atomic mass is 10.2. The van der Waals surface area contributed by atoms with Crippen molar-refractivity contribution in [3.05, 3.63) is 23.8 Å². The number of primary sulfonamides is 1. The molecule has 0 fully saturated rings. The highest BCUT2D eigenvalue weighted by Gasteiger charge is 2.23. The fourth-order valence-electron chi connectivity index (χ4n) is 2.79. The van der Waals surface area contributed by atoms with Crippen LogP contribution >= 0.6 is 0 Å². The molecule has 1 aliphatic heterocycles. The van der Waals surface area contributed by atoms with Gasteiger partial charge in [0.2, 0.25) is 15.9 Å². The molecule has 7 heteroatoms. The predicted molar refractivity (Wildman–Crippen MR) is 86.2 cm³/mol. The summed E-state index contributed by atoms with van der Waals surface area (Å²) in [6.45, 7) is 5.08. The van der Waals surface area contributed by atoms with Crippen LogP contribution in [-0.4, -0.2) is 33.5 Å². The minimum Gasteiger partial charge on any atom is -0.362 e. The van der Waals surface area contributed by atoms with Crippen molar-refractivity contribution in [2.75, 3.05) is 18.0 Å². The second kappa shape index (κ2) is 6.66. The number of anilines is 1. The Morgan fingerprint density at radius 3 is 2.82 bits per heavy atom. The summed E-state index contributed by atoms with van der Waals surface area (Å²) in [4.78, 5) is 14.1. The highest BCUT2D eigenvalue weighted by Crippen LogP contribution is 2.29. The molecule has 122 valence electrons. The first-order valence-electron chi connectivity index (χ1n) is 7.51. The van der Waals surface area contributed by atoms with Gasteiger partial charge in [-0.1, -0.05) is 13.3 Å². The smallest absolute Gasteiger partial charge is 0.239 e. The molecule has 2 rings (SSSR count). The molecule has 1 atom stereocenters. The molecular weight excluding hydrogens is 302 g/mol. The third-order valence-electron chi connectivity index (χ3n) is 3.83. The van der Waals surface area contributed by atoms with Crippen LogP contribution in [0, 0.1) is 0 Å². The lowest BCUT2D eigenvalue weighted by Crippen LogP contribution is -2.40. The number of carbonyl (C=O) groups is 1. The van der Waals surface area contributed by atoms with Gasteiger partial charge in [-0.3, -0.25) is 4.79 Å². The van der Waals surface area contributed by atoms with Crippen LogP contribution in [0.5, 0.6) is 0 Å². The maximum atomic E-state index is 12.1. The Morgan fingerprint density at radius 1 is 1.45 bits per heavy atom. The Labute approximate surface area is 131 Å². The Balaban J connectivity index is 2.05. The fraction of sp³-hybridized carbons (Fsp3) is 0.533. The van der Waals surface area contributed by atoms with E-state index in [0.29, 0.717) is 6.54 Å². The summed E-state index contributed by atoms with van der Waals surface area (Å²) in [6, 6.07) is 4.99. The Hall–Kier alpha value is -1.60. The van der Waals surface area contributed by atoms with Gasteiger partial charge in [0, 0.05) is 18.3 Å². The van der Waals surface area contributed by atoms with Crippen molar-refractivity contribution in [1.29, 1.82) is 0 Å². The van der Waals surface area contributed by atoms with Crippen molar-refractivity contribution in [2.24, 2.45) is 5.14 Å². The molecule has 0 spiro atoms. The summed E-state index contributed by atoms with van der Waals surface area (Å²) < 4.78 is 22.7. The van der Waals surface area contributed by atoms with E-state index in [1.54, 1.807) is 12.1 Å². The summed E-state index contributed by atoms with van der Waals surface area (Å²) in [7, 11) is -3.68. The van der Waals surface area contributed by atoms with Gasteiger partial charge >= 0.3 is 0 Å². The molecule has 1 aromatic rings. The van der Waals surface area contributed by atoms with E-state index in [-0.39, 0.29) is 23.4 Å². The van der Waals surface area contributed by atoms with Crippen molar-refractivity contribution in [1.82, 2.24) is 5.32 Å².